The van der Waals surface area contributed by atoms with Crippen LogP contribution in [0.2, 0.25) is 0 Å². The van der Waals surface area contributed by atoms with Crippen LogP contribution in [0, 0.1) is 6.92 Å². The fourth-order valence-electron chi connectivity index (χ4n) is 1.77. The maximum Gasteiger partial charge on any atom is 0.119 e. The second-order valence-corrected chi connectivity index (χ2v) is 4.18. The molecule has 0 saturated heterocycles. The van der Waals surface area contributed by atoms with Crippen molar-refractivity contribution in [2.24, 2.45) is 0 Å². The third-order valence-electron chi connectivity index (χ3n) is 2.83. The molecule has 0 spiro atoms. The molecule has 0 aliphatic heterocycles. The zero-order chi connectivity index (χ0) is 13.0. The monoisotopic (exact) mass is 243 g/mol. The molecular formula is C14H17N3O. The Morgan fingerprint density at radius 2 is 2.11 bits per heavy atom. The van der Waals surface area contributed by atoms with Crippen molar-refractivity contribution >= 4 is 5.69 Å². The largest absolute Gasteiger partial charge is 0.497 e. The lowest BCUT2D eigenvalue weighted by atomic mass is 10.1. The molecule has 18 heavy (non-hydrogen) atoms. The number of aromatic nitrogens is 2. The molecule has 1 aromatic heterocycles. The summed E-state index contributed by atoms with van der Waals surface area (Å²) < 4.78 is 5.19. The van der Waals surface area contributed by atoms with E-state index in [0.29, 0.717) is 0 Å². The van der Waals surface area contributed by atoms with Gasteiger partial charge in [0, 0.05) is 18.1 Å². The Kier molecular flexibility index (Phi) is 3.77. The molecule has 94 valence electrons. The number of methoxy groups -OCH3 is 1. The molecule has 0 amide bonds. The predicted octanol–water partition coefficient (Wildman–Crippen LogP) is 2.97. The van der Waals surface area contributed by atoms with Crippen LogP contribution in [0.3, 0.4) is 0 Å². The van der Waals surface area contributed by atoms with Crippen molar-refractivity contribution in [2.75, 3.05) is 12.4 Å². The second kappa shape index (κ2) is 5.49. The fourth-order valence-corrected chi connectivity index (χ4v) is 1.77. The van der Waals surface area contributed by atoms with Gasteiger partial charge in [0.25, 0.3) is 0 Å². The highest BCUT2D eigenvalue weighted by Crippen LogP contribution is 2.24. The summed E-state index contributed by atoms with van der Waals surface area (Å²) in [6.45, 7) is 4.11. The van der Waals surface area contributed by atoms with Gasteiger partial charge in [0.15, 0.2) is 0 Å². The zero-order valence-electron chi connectivity index (χ0n) is 10.8. The molecule has 2 aromatic rings. The Morgan fingerprint density at radius 1 is 1.28 bits per heavy atom. The van der Waals surface area contributed by atoms with E-state index in [4.69, 9.17) is 4.74 Å². The van der Waals surface area contributed by atoms with Crippen LogP contribution in [0.15, 0.2) is 36.8 Å². The van der Waals surface area contributed by atoms with Gasteiger partial charge in [-0.05, 0) is 37.6 Å². The number of anilines is 1. The van der Waals surface area contributed by atoms with E-state index in [1.54, 1.807) is 25.7 Å². The molecule has 1 N–H and O–H groups in total. The molecular weight excluding hydrogens is 226 g/mol. The second-order valence-electron chi connectivity index (χ2n) is 4.18. The third kappa shape index (κ3) is 2.77. The quantitative estimate of drug-likeness (QED) is 0.896. The van der Waals surface area contributed by atoms with E-state index in [1.165, 1.54) is 0 Å². The lowest BCUT2D eigenvalue weighted by Gasteiger charge is -2.16. The van der Waals surface area contributed by atoms with Gasteiger partial charge in [0.1, 0.15) is 5.75 Å². The van der Waals surface area contributed by atoms with Crippen LogP contribution >= 0.6 is 0 Å². The van der Waals surface area contributed by atoms with Crippen molar-refractivity contribution in [3.63, 3.8) is 0 Å². The van der Waals surface area contributed by atoms with Gasteiger partial charge in [-0.25, -0.2) is 0 Å². The molecule has 4 nitrogen and oxygen atoms in total. The maximum absolute atomic E-state index is 5.19. The first-order chi connectivity index (χ1) is 8.70. The molecule has 0 radical (unpaired) electrons. The Hall–Kier alpha value is -2.10. The fraction of sp³-hybridized carbons (Fsp3) is 0.286. The van der Waals surface area contributed by atoms with Crippen LogP contribution in [0.25, 0.3) is 0 Å². The molecule has 2 rings (SSSR count). The van der Waals surface area contributed by atoms with E-state index in [2.05, 4.69) is 22.2 Å². The van der Waals surface area contributed by atoms with Gasteiger partial charge in [0.2, 0.25) is 0 Å². The first-order valence-corrected chi connectivity index (χ1v) is 5.88. The number of aryl methyl sites for hydroxylation is 1. The molecule has 0 saturated carbocycles. The highest BCUT2D eigenvalue weighted by Gasteiger charge is 2.08. The van der Waals surface area contributed by atoms with Crippen molar-refractivity contribution in [3.05, 3.63) is 48.0 Å². The molecule has 1 aromatic carbocycles. The van der Waals surface area contributed by atoms with Crippen LogP contribution in [-0.2, 0) is 0 Å². The van der Waals surface area contributed by atoms with Gasteiger partial charge >= 0.3 is 0 Å². The Morgan fingerprint density at radius 3 is 2.72 bits per heavy atom. The van der Waals surface area contributed by atoms with E-state index in [0.717, 1.165) is 22.7 Å². The van der Waals surface area contributed by atoms with Gasteiger partial charge < -0.3 is 10.1 Å². The molecule has 1 heterocycles. The summed E-state index contributed by atoms with van der Waals surface area (Å²) in [7, 11) is 1.67. The van der Waals surface area contributed by atoms with Crippen molar-refractivity contribution in [3.8, 4) is 5.75 Å². The Bertz CT molecular complexity index is 514. The predicted molar refractivity (Wildman–Crippen MR) is 71.8 cm³/mol. The summed E-state index contributed by atoms with van der Waals surface area (Å²) in [4.78, 5) is 8.36. The normalized spacial score (nSPS) is 11.9. The van der Waals surface area contributed by atoms with Crippen molar-refractivity contribution in [1.29, 1.82) is 0 Å². The first kappa shape index (κ1) is 12.4. The van der Waals surface area contributed by atoms with Gasteiger partial charge in [-0.3, -0.25) is 9.97 Å². The molecule has 0 fully saturated rings. The van der Waals surface area contributed by atoms with E-state index >= 15 is 0 Å². The molecule has 0 aliphatic carbocycles. The highest BCUT2D eigenvalue weighted by atomic mass is 16.5. The minimum Gasteiger partial charge on any atom is -0.497 e. The zero-order valence-corrected chi connectivity index (χ0v) is 10.8. The Balaban J connectivity index is 2.14. The van der Waals surface area contributed by atoms with E-state index in [-0.39, 0.29) is 6.04 Å². The molecule has 1 unspecified atom stereocenters. The highest BCUT2D eigenvalue weighted by molar-refractivity contribution is 5.54. The molecule has 0 bridgehead atoms. The number of ether oxygens (including phenoxy) is 1. The minimum atomic E-state index is 0.116. The van der Waals surface area contributed by atoms with Crippen LogP contribution in [0.4, 0.5) is 5.69 Å². The van der Waals surface area contributed by atoms with E-state index in [1.807, 2.05) is 25.1 Å². The molecule has 4 heteroatoms. The lowest BCUT2D eigenvalue weighted by molar-refractivity contribution is 0.414. The molecule has 1 atom stereocenters. The maximum atomic E-state index is 5.19. The van der Waals surface area contributed by atoms with Crippen molar-refractivity contribution in [1.82, 2.24) is 9.97 Å². The minimum absolute atomic E-state index is 0.116. The number of hydrogen-bond donors (Lipinski definition) is 1. The summed E-state index contributed by atoms with van der Waals surface area (Å²) in [5.41, 5.74) is 3.15. The third-order valence-corrected chi connectivity index (χ3v) is 2.83. The SMILES string of the molecule is COc1ccc(NC(C)c2cnccn2)c(C)c1. The number of rotatable bonds is 4. The van der Waals surface area contributed by atoms with Gasteiger partial charge in [-0.2, -0.15) is 0 Å². The van der Waals surface area contributed by atoms with Crippen LogP contribution < -0.4 is 10.1 Å². The summed E-state index contributed by atoms with van der Waals surface area (Å²) in [5, 5.41) is 3.42. The summed E-state index contributed by atoms with van der Waals surface area (Å²) in [5.74, 6) is 0.866. The molecule has 0 aliphatic rings. The summed E-state index contributed by atoms with van der Waals surface area (Å²) in [6.07, 6.45) is 5.15. The smallest absolute Gasteiger partial charge is 0.119 e. The van der Waals surface area contributed by atoms with E-state index < -0.39 is 0 Å². The topological polar surface area (TPSA) is 47.0 Å². The lowest BCUT2D eigenvalue weighted by Crippen LogP contribution is -2.09. The van der Waals surface area contributed by atoms with Gasteiger partial charge in [-0.15, -0.1) is 0 Å². The van der Waals surface area contributed by atoms with Gasteiger partial charge in [-0.1, -0.05) is 0 Å². The van der Waals surface area contributed by atoms with Crippen molar-refractivity contribution < 1.29 is 4.74 Å². The van der Waals surface area contributed by atoms with E-state index in [9.17, 15) is 0 Å². The number of nitrogens with zero attached hydrogens (tertiary/aromatic N) is 2. The van der Waals surface area contributed by atoms with Crippen molar-refractivity contribution in [2.45, 2.75) is 19.9 Å². The van der Waals surface area contributed by atoms with Gasteiger partial charge in [0.05, 0.1) is 25.0 Å². The average molecular weight is 243 g/mol. The van der Waals surface area contributed by atoms with Crippen LogP contribution in [-0.4, -0.2) is 17.1 Å². The first-order valence-electron chi connectivity index (χ1n) is 5.88. The summed E-state index contributed by atoms with van der Waals surface area (Å²) >= 11 is 0. The number of nitrogens with one attached hydrogen (secondary N) is 1. The number of hydrogen-bond acceptors (Lipinski definition) is 4. The number of benzene rings is 1. The summed E-state index contributed by atoms with van der Waals surface area (Å²) in [6, 6.07) is 6.08. The average Bonchev–Trinajstić information content (AvgIpc) is 2.42. The standard InChI is InChI=1S/C14H17N3O/c1-10-8-12(18-3)4-5-13(10)17-11(2)14-9-15-6-7-16-14/h4-9,11,17H,1-3H3. The Labute approximate surface area is 107 Å². The van der Waals surface area contributed by atoms with Crippen LogP contribution in [0.1, 0.15) is 24.2 Å². The van der Waals surface area contributed by atoms with Crippen LogP contribution in [0.5, 0.6) is 5.75 Å².